The van der Waals surface area contributed by atoms with Gasteiger partial charge in [-0.1, -0.05) is 5.16 Å². The lowest BCUT2D eigenvalue weighted by Crippen LogP contribution is -2.42. The van der Waals surface area contributed by atoms with Crippen molar-refractivity contribution < 1.29 is 22.5 Å². The van der Waals surface area contributed by atoms with Crippen LogP contribution in [0.3, 0.4) is 0 Å². The number of rotatable bonds is 4. The molecule has 20 heavy (non-hydrogen) atoms. The van der Waals surface area contributed by atoms with Crippen LogP contribution in [-0.2, 0) is 11.3 Å². The van der Waals surface area contributed by atoms with E-state index >= 15 is 0 Å². The summed E-state index contributed by atoms with van der Waals surface area (Å²) in [5.74, 6) is 0.176. The predicted molar refractivity (Wildman–Crippen MR) is 63.7 cm³/mol. The van der Waals surface area contributed by atoms with E-state index in [2.05, 4.69) is 5.16 Å². The number of hydrogen-bond donors (Lipinski definition) is 0. The fourth-order valence-corrected chi connectivity index (χ4v) is 2.36. The minimum atomic E-state index is -4.35. The van der Waals surface area contributed by atoms with Gasteiger partial charge in [-0.15, -0.1) is 0 Å². The van der Waals surface area contributed by atoms with Crippen molar-refractivity contribution in [3.8, 4) is 0 Å². The normalized spacial score (nSPS) is 20.2. The predicted octanol–water partition coefficient (Wildman–Crippen LogP) is 1.58. The smallest absolute Gasteiger partial charge is 0.361 e. The molecule has 0 radical (unpaired) electrons. The molecule has 0 N–H and O–H groups in total. The van der Waals surface area contributed by atoms with E-state index in [1.54, 1.807) is 24.9 Å². The molecule has 1 aromatic heterocycles. The van der Waals surface area contributed by atoms with E-state index in [1.165, 1.54) is 0 Å². The molecule has 1 saturated heterocycles. The van der Waals surface area contributed by atoms with Gasteiger partial charge in [0, 0.05) is 19.2 Å². The maximum absolute atomic E-state index is 12.3. The Morgan fingerprint density at radius 1 is 1.55 bits per heavy atom. The Morgan fingerprint density at radius 2 is 2.25 bits per heavy atom. The third-order valence-electron chi connectivity index (χ3n) is 3.26. The van der Waals surface area contributed by atoms with Crippen LogP contribution in [0, 0.1) is 6.92 Å². The summed E-state index contributed by atoms with van der Waals surface area (Å²) in [4.78, 5) is 14.5. The number of carbonyl (C=O) groups excluding carboxylic acids is 1. The standard InChI is InChI=1S/C12H16F3N3O2/c1-8-5-9(16-20-8)6-17(2)10-3-4-18(11(10)19)7-12(13,14)15/h5,10H,3-4,6-7H2,1-2H3. The largest absolute Gasteiger partial charge is 0.406 e. The van der Waals surface area contributed by atoms with Crippen LogP contribution in [0.25, 0.3) is 0 Å². The highest BCUT2D eigenvalue weighted by Gasteiger charge is 2.40. The van der Waals surface area contributed by atoms with Gasteiger partial charge in [-0.25, -0.2) is 0 Å². The molecule has 0 aromatic carbocycles. The quantitative estimate of drug-likeness (QED) is 0.845. The van der Waals surface area contributed by atoms with Crippen molar-refractivity contribution in [1.29, 1.82) is 0 Å². The number of aromatic nitrogens is 1. The number of aryl methyl sites for hydroxylation is 1. The Bertz CT molecular complexity index is 487. The molecule has 1 amide bonds. The zero-order valence-electron chi connectivity index (χ0n) is 11.3. The van der Waals surface area contributed by atoms with Gasteiger partial charge in [0.1, 0.15) is 12.3 Å². The number of likely N-dealkylation sites (tertiary alicyclic amines) is 1. The molecule has 1 atom stereocenters. The van der Waals surface area contributed by atoms with Crippen molar-refractivity contribution in [2.75, 3.05) is 20.1 Å². The molecular formula is C12H16F3N3O2. The number of halogens is 3. The second-order valence-electron chi connectivity index (χ2n) is 5.02. The van der Waals surface area contributed by atoms with Crippen molar-refractivity contribution in [2.45, 2.75) is 32.1 Å². The van der Waals surface area contributed by atoms with Crippen molar-refractivity contribution in [3.63, 3.8) is 0 Å². The van der Waals surface area contributed by atoms with Crippen LogP contribution in [0.1, 0.15) is 17.9 Å². The van der Waals surface area contributed by atoms with Gasteiger partial charge in [-0.2, -0.15) is 13.2 Å². The highest BCUT2D eigenvalue weighted by molar-refractivity contribution is 5.84. The average molecular weight is 291 g/mol. The molecule has 0 spiro atoms. The first-order valence-electron chi connectivity index (χ1n) is 6.24. The lowest BCUT2D eigenvalue weighted by molar-refractivity contribution is -0.159. The summed E-state index contributed by atoms with van der Waals surface area (Å²) in [6.07, 6.45) is -3.96. The lowest BCUT2D eigenvalue weighted by atomic mass is 10.2. The molecule has 2 heterocycles. The monoisotopic (exact) mass is 291 g/mol. The first-order chi connectivity index (χ1) is 9.26. The fourth-order valence-electron chi connectivity index (χ4n) is 2.36. The van der Waals surface area contributed by atoms with E-state index in [1.807, 2.05) is 0 Å². The van der Waals surface area contributed by atoms with Gasteiger partial charge in [0.15, 0.2) is 0 Å². The number of hydrogen-bond acceptors (Lipinski definition) is 4. The topological polar surface area (TPSA) is 49.6 Å². The number of alkyl halides is 3. The van der Waals surface area contributed by atoms with Gasteiger partial charge < -0.3 is 9.42 Å². The third-order valence-corrected chi connectivity index (χ3v) is 3.26. The molecule has 0 aliphatic carbocycles. The second-order valence-corrected chi connectivity index (χ2v) is 5.02. The van der Waals surface area contributed by atoms with E-state index in [-0.39, 0.29) is 6.54 Å². The van der Waals surface area contributed by atoms with Gasteiger partial charge in [0.25, 0.3) is 0 Å². The second kappa shape index (κ2) is 5.43. The number of carbonyl (C=O) groups is 1. The van der Waals surface area contributed by atoms with Gasteiger partial charge in [-0.3, -0.25) is 9.69 Å². The summed E-state index contributed by atoms with van der Waals surface area (Å²) in [5.41, 5.74) is 0.659. The fraction of sp³-hybridized carbons (Fsp3) is 0.667. The average Bonchev–Trinajstić information content (AvgIpc) is 2.85. The number of amides is 1. The van der Waals surface area contributed by atoms with Crippen LogP contribution in [-0.4, -0.2) is 53.2 Å². The Kier molecular flexibility index (Phi) is 4.03. The Morgan fingerprint density at radius 3 is 2.80 bits per heavy atom. The highest BCUT2D eigenvalue weighted by atomic mass is 19.4. The third kappa shape index (κ3) is 3.50. The summed E-state index contributed by atoms with van der Waals surface area (Å²) in [6.45, 7) is 1.07. The Labute approximate surface area is 114 Å². The van der Waals surface area contributed by atoms with Crippen molar-refractivity contribution >= 4 is 5.91 Å². The van der Waals surface area contributed by atoms with Gasteiger partial charge in [0.2, 0.25) is 5.91 Å². The number of nitrogens with zero attached hydrogens (tertiary/aromatic N) is 3. The molecule has 5 nitrogen and oxygen atoms in total. The molecule has 8 heteroatoms. The first-order valence-corrected chi connectivity index (χ1v) is 6.24. The zero-order chi connectivity index (χ0) is 14.9. The summed E-state index contributed by atoms with van der Waals surface area (Å²) in [7, 11) is 1.70. The molecule has 1 fully saturated rings. The van der Waals surface area contributed by atoms with Gasteiger partial charge >= 0.3 is 6.18 Å². The summed E-state index contributed by atoms with van der Waals surface area (Å²) in [6, 6.07) is 1.21. The van der Waals surface area contributed by atoms with Crippen LogP contribution in [0.4, 0.5) is 13.2 Å². The van der Waals surface area contributed by atoms with E-state index in [0.717, 1.165) is 4.90 Å². The van der Waals surface area contributed by atoms with E-state index < -0.39 is 24.7 Å². The van der Waals surface area contributed by atoms with Crippen molar-refractivity contribution in [2.24, 2.45) is 0 Å². The molecule has 1 unspecified atom stereocenters. The molecule has 1 aliphatic heterocycles. The molecule has 2 rings (SSSR count). The molecular weight excluding hydrogens is 275 g/mol. The van der Waals surface area contributed by atoms with Crippen LogP contribution < -0.4 is 0 Å². The van der Waals surface area contributed by atoms with Gasteiger partial charge in [0.05, 0.1) is 11.7 Å². The summed E-state index contributed by atoms with van der Waals surface area (Å²) >= 11 is 0. The van der Waals surface area contributed by atoms with Crippen LogP contribution in [0.2, 0.25) is 0 Å². The van der Waals surface area contributed by atoms with Gasteiger partial charge in [-0.05, 0) is 20.4 Å². The zero-order valence-corrected chi connectivity index (χ0v) is 11.3. The molecule has 0 saturated carbocycles. The Balaban J connectivity index is 1.95. The van der Waals surface area contributed by atoms with E-state index in [4.69, 9.17) is 4.52 Å². The molecule has 0 bridgehead atoms. The molecule has 1 aliphatic rings. The minimum absolute atomic E-state index is 0.130. The van der Waals surface area contributed by atoms with Crippen molar-refractivity contribution in [1.82, 2.24) is 15.0 Å². The molecule has 112 valence electrons. The summed E-state index contributed by atoms with van der Waals surface area (Å²) in [5, 5.41) is 3.81. The maximum Gasteiger partial charge on any atom is 0.406 e. The van der Waals surface area contributed by atoms with E-state index in [0.29, 0.717) is 24.4 Å². The number of likely N-dealkylation sites (N-methyl/N-ethyl adjacent to an activating group) is 1. The SMILES string of the molecule is Cc1cc(CN(C)C2CCN(CC(F)(F)F)C2=O)no1. The minimum Gasteiger partial charge on any atom is -0.361 e. The maximum atomic E-state index is 12.3. The lowest BCUT2D eigenvalue weighted by Gasteiger charge is -2.23. The summed E-state index contributed by atoms with van der Waals surface area (Å²) < 4.78 is 41.9. The highest BCUT2D eigenvalue weighted by Crippen LogP contribution is 2.23. The first kappa shape index (κ1) is 14.8. The van der Waals surface area contributed by atoms with Crippen molar-refractivity contribution in [3.05, 3.63) is 17.5 Å². The Hall–Kier alpha value is -1.57. The van der Waals surface area contributed by atoms with Crippen LogP contribution in [0.15, 0.2) is 10.6 Å². The molecule has 1 aromatic rings. The van der Waals surface area contributed by atoms with E-state index in [9.17, 15) is 18.0 Å². The van der Waals surface area contributed by atoms with Crippen LogP contribution >= 0.6 is 0 Å². The van der Waals surface area contributed by atoms with Crippen LogP contribution in [0.5, 0.6) is 0 Å².